The number of nitrogens with zero attached hydrogens (tertiary/aromatic N) is 3. The number of carbonyl (C=O) groups excluding carboxylic acids is 1. The van der Waals surface area contributed by atoms with E-state index in [0.717, 1.165) is 53.6 Å². The minimum Gasteiger partial charge on any atom is -0.453 e. The van der Waals surface area contributed by atoms with Gasteiger partial charge in [-0.1, -0.05) is 12.1 Å². The minimum atomic E-state index is -1.06. The van der Waals surface area contributed by atoms with E-state index < -0.39 is 10.8 Å². The first kappa shape index (κ1) is 21.2. The zero-order valence-electron chi connectivity index (χ0n) is 18.1. The third-order valence-electron chi connectivity index (χ3n) is 6.54. The molecule has 1 amide bonds. The number of ether oxygens (including phenoxy) is 1. The van der Waals surface area contributed by atoms with Gasteiger partial charge in [0.2, 0.25) is 0 Å². The summed E-state index contributed by atoms with van der Waals surface area (Å²) >= 11 is 0. The van der Waals surface area contributed by atoms with E-state index in [1.54, 1.807) is 4.90 Å². The molecule has 2 atom stereocenters. The molecule has 1 N–H and O–H groups in total. The normalized spacial score (nSPS) is 22.9. The molecule has 3 aliphatic heterocycles. The highest BCUT2D eigenvalue weighted by molar-refractivity contribution is 7.85. The molecule has 0 saturated carbocycles. The predicted octanol–water partition coefficient (Wildman–Crippen LogP) is 3.13. The van der Waals surface area contributed by atoms with Crippen molar-refractivity contribution in [2.24, 2.45) is 0 Å². The minimum absolute atomic E-state index is 0.0724. The predicted molar refractivity (Wildman–Crippen MR) is 121 cm³/mol. The van der Waals surface area contributed by atoms with E-state index in [1.807, 2.05) is 18.2 Å². The van der Waals surface area contributed by atoms with E-state index in [2.05, 4.69) is 10.2 Å². The molecule has 0 spiro atoms. The van der Waals surface area contributed by atoms with Crippen molar-refractivity contribution < 1.29 is 18.1 Å². The summed E-state index contributed by atoms with van der Waals surface area (Å²) in [6.07, 6.45) is 2.22. The van der Waals surface area contributed by atoms with Crippen LogP contribution in [0.2, 0.25) is 0 Å². The summed E-state index contributed by atoms with van der Waals surface area (Å²) in [5.41, 5.74) is 2.89. The summed E-state index contributed by atoms with van der Waals surface area (Å²) in [6, 6.07) is 8.78. The number of likely N-dealkylation sites (tertiary alicyclic amines) is 1. The molecule has 170 valence electrons. The van der Waals surface area contributed by atoms with Crippen molar-refractivity contribution in [1.82, 2.24) is 9.88 Å². The van der Waals surface area contributed by atoms with Gasteiger partial charge in [0, 0.05) is 56.4 Å². The second kappa shape index (κ2) is 8.69. The first-order valence-electron chi connectivity index (χ1n) is 11.0. The van der Waals surface area contributed by atoms with Crippen LogP contribution in [0.15, 0.2) is 35.2 Å². The third kappa shape index (κ3) is 4.05. The van der Waals surface area contributed by atoms with Crippen molar-refractivity contribution in [1.29, 1.82) is 0 Å². The molecule has 0 aliphatic carbocycles. The third-order valence-corrected chi connectivity index (χ3v) is 8.03. The standard InChI is InChI=1S/C23H27FN4O3S/c1-31-23(29)27-9-2-3-18(14-27)25-20-11-21(26-19-8-10-32(30)22(19)20)28-12-16(13-28)15-4-6-17(24)7-5-15/h4-7,11,16,18H,2-3,8-10,12-14H2,1H3,(H,25,26). The van der Waals surface area contributed by atoms with Crippen molar-refractivity contribution in [2.45, 2.75) is 36.1 Å². The number of nitrogens with one attached hydrogen (secondary N) is 1. The quantitative estimate of drug-likeness (QED) is 0.759. The number of benzene rings is 1. The van der Waals surface area contributed by atoms with Crippen LogP contribution in [0.5, 0.6) is 0 Å². The van der Waals surface area contributed by atoms with Crippen LogP contribution in [-0.4, -0.2) is 65.3 Å². The highest BCUT2D eigenvalue weighted by Crippen LogP contribution is 2.37. The summed E-state index contributed by atoms with van der Waals surface area (Å²) in [4.78, 5) is 21.5. The maximum Gasteiger partial charge on any atom is 0.409 e. The van der Waals surface area contributed by atoms with Crippen molar-refractivity contribution in [3.8, 4) is 0 Å². The number of halogens is 1. The van der Waals surface area contributed by atoms with Gasteiger partial charge in [0.05, 0.1) is 34.2 Å². The maximum atomic E-state index is 13.2. The largest absolute Gasteiger partial charge is 0.453 e. The Hall–Kier alpha value is -2.68. The van der Waals surface area contributed by atoms with E-state index in [9.17, 15) is 13.4 Å². The van der Waals surface area contributed by atoms with Gasteiger partial charge in [-0.15, -0.1) is 0 Å². The Kier molecular flexibility index (Phi) is 5.75. The second-order valence-electron chi connectivity index (χ2n) is 8.66. The fraction of sp³-hybridized carbons (Fsp3) is 0.478. The van der Waals surface area contributed by atoms with Crippen LogP contribution in [0.4, 0.5) is 20.7 Å². The molecular weight excluding hydrogens is 431 g/mol. The van der Waals surface area contributed by atoms with Crippen molar-refractivity contribution in [3.63, 3.8) is 0 Å². The van der Waals surface area contributed by atoms with E-state index >= 15 is 0 Å². The molecule has 2 aromatic rings. The van der Waals surface area contributed by atoms with Crippen LogP contribution in [-0.2, 0) is 22.0 Å². The molecule has 0 bridgehead atoms. The molecule has 2 fully saturated rings. The van der Waals surface area contributed by atoms with Gasteiger partial charge in [-0.05, 0) is 30.5 Å². The fourth-order valence-corrected chi connectivity index (χ4v) is 6.13. The van der Waals surface area contributed by atoms with Crippen molar-refractivity contribution in [2.75, 3.05) is 49.3 Å². The zero-order chi connectivity index (χ0) is 22.2. The Morgan fingerprint density at radius 1 is 1.25 bits per heavy atom. The number of amides is 1. The number of hydrogen-bond donors (Lipinski definition) is 1. The zero-order valence-corrected chi connectivity index (χ0v) is 18.9. The second-order valence-corrected chi connectivity index (χ2v) is 10.2. The van der Waals surface area contributed by atoms with Crippen molar-refractivity contribution >= 4 is 28.4 Å². The topological polar surface area (TPSA) is 74.8 Å². The highest BCUT2D eigenvalue weighted by atomic mass is 32.2. The Bertz CT molecular complexity index is 1040. The van der Waals surface area contributed by atoms with Gasteiger partial charge >= 0.3 is 6.09 Å². The molecule has 9 heteroatoms. The number of anilines is 2. The molecule has 4 heterocycles. The van der Waals surface area contributed by atoms with Crippen LogP contribution in [0, 0.1) is 5.82 Å². The van der Waals surface area contributed by atoms with Gasteiger partial charge < -0.3 is 19.9 Å². The lowest BCUT2D eigenvalue weighted by Crippen LogP contribution is -2.46. The highest BCUT2D eigenvalue weighted by Gasteiger charge is 2.33. The number of carbonyl (C=O) groups is 1. The van der Waals surface area contributed by atoms with Gasteiger partial charge in [-0.2, -0.15) is 0 Å². The first-order valence-corrected chi connectivity index (χ1v) is 12.4. The molecule has 1 aromatic carbocycles. The summed E-state index contributed by atoms with van der Waals surface area (Å²) in [5.74, 6) is 1.60. The number of aryl methyl sites for hydroxylation is 1. The lowest BCUT2D eigenvalue weighted by atomic mass is 9.91. The molecule has 2 saturated heterocycles. The Morgan fingerprint density at radius 3 is 2.78 bits per heavy atom. The Morgan fingerprint density at radius 2 is 2.03 bits per heavy atom. The number of piperidine rings is 1. The fourth-order valence-electron chi connectivity index (χ4n) is 4.78. The van der Waals surface area contributed by atoms with Crippen LogP contribution in [0.25, 0.3) is 0 Å². The van der Waals surface area contributed by atoms with Gasteiger partial charge in [0.1, 0.15) is 11.6 Å². The number of methoxy groups -OCH3 is 1. The van der Waals surface area contributed by atoms with E-state index in [1.165, 1.54) is 19.2 Å². The molecular formula is C23H27FN4O3S. The van der Waals surface area contributed by atoms with Gasteiger partial charge in [0.15, 0.2) is 0 Å². The van der Waals surface area contributed by atoms with Gasteiger partial charge in [-0.25, -0.2) is 14.2 Å². The molecule has 2 unspecified atom stereocenters. The Labute approximate surface area is 189 Å². The van der Waals surface area contributed by atoms with Crippen LogP contribution in [0.3, 0.4) is 0 Å². The molecule has 32 heavy (non-hydrogen) atoms. The van der Waals surface area contributed by atoms with Crippen LogP contribution < -0.4 is 10.2 Å². The monoisotopic (exact) mass is 458 g/mol. The number of pyridine rings is 1. The van der Waals surface area contributed by atoms with Crippen LogP contribution in [0.1, 0.15) is 30.0 Å². The number of hydrogen-bond acceptors (Lipinski definition) is 6. The molecule has 3 aliphatic rings. The molecule has 0 radical (unpaired) electrons. The smallest absolute Gasteiger partial charge is 0.409 e. The average molecular weight is 459 g/mol. The number of fused-ring (bicyclic) bond motifs is 1. The average Bonchev–Trinajstić information content (AvgIpc) is 3.14. The SMILES string of the molecule is COC(=O)N1CCCC(Nc2cc(N3CC(c4ccc(F)cc4)C3)nc3c2S(=O)CC3)C1. The van der Waals surface area contributed by atoms with E-state index in [-0.39, 0.29) is 18.0 Å². The van der Waals surface area contributed by atoms with Crippen LogP contribution >= 0.6 is 0 Å². The maximum absolute atomic E-state index is 13.2. The number of aromatic nitrogens is 1. The lowest BCUT2D eigenvalue weighted by Gasteiger charge is -2.41. The summed E-state index contributed by atoms with van der Waals surface area (Å²) < 4.78 is 30.8. The Balaban J connectivity index is 1.34. The molecule has 5 rings (SSSR count). The van der Waals surface area contributed by atoms with Gasteiger partial charge in [0.25, 0.3) is 0 Å². The molecule has 7 nitrogen and oxygen atoms in total. The summed E-state index contributed by atoms with van der Waals surface area (Å²) in [6.45, 7) is 2.89. The van der Waals surface area contributed by atoms with Crippen molar-refractivity contribution in [3.05, 3.63) is 47.4 Å². The summed E-state index contributed by atoms with van der Waals surface area (Å²) in [5, 5.41) is 3.56. The van der Waals surface area contributed by atoms with E-state index in [0.29, 0.717) is 31.2 Å². The number of rotatable bonds is 4. The first-order chi connectivity index (χ1) is 15.5. The molecule has 1 aromatic heterocycles. The van der Waals surface area contributed by atoms with Gasteiger partial charge in [-0.3, -0.25) is 4.21 Å². The van der Waals surface area contributed by atoms with E-state index in [4.69, 9.17) is 9.72 Å². The lowest BCUT2D eigenvalue weighted by molar-refractivity contribution is 0.113. The summed E-state index contributed by atoms with van der Waals surface area (Å²) in [7, 11) is 0.338.